The molecule has 2 atom stereocenters. The molecule has 0 aliphatic heterocycles. The standard InChI is InChI=1S/C10H23NO/c1-9(7-11)5-3-4-6-10(2)8-12/h9-10,12H,3-8,11H2,1-2H3. The van der Waals surface area contributed by atoms with Crippen molar-refractivity contribution in [3.63, 3.8) is 0 Å². The summed E-state index contributed by atoms with van der Waals surface area (Å²) in [5.74, 6) is 1.13. The van der Waals surface area contributed by atoms with Gasteiger partial charge in [-0.05, 0) is 31.2 Å². The van der Waals surface area contributed by atoms with Crippen molar-refractivity contribution in [1.29, 1.82) is 0 Å². The van der Waals surface area contributed by atoms with Crippen LogP contribution >= 0.6 is 0 Å². The Morgan fingerprint density at radius 2 is 1.58 bits per heavy atom. The molecule has 2 nitrogen and oxygen atoms in total. The van der Waals surface area contributed by atoms with E-state index in [2.05, 4.69) is 13.8 Å². The minimum atomic E-state index is 0.326. The summed E-state index contributed by atoms with van der Waals surface area (Å²) in [7, 11) is 0. The number of hydrogen-bond donors (Lipinski definition) is 2. The van der Waals surface area contributed by atoms with Crippen molar-refractivity contribution < 1.29 is 5.11 Å². The molecular weight excluding hydrogens is 150 g/mol. The van der Waals surface area contributed by atoms with Crippen molar-refractivity contribution in [1.82, 2.24) is 0 Å². The van der Waals surface area contributed by atoms with Gasteiger partial charge >= 0.3 is 0 Å². The summed E-state index contributed by atoms with van der Waals surface area (Å²) in [6.07, 6.45) is 4.86. The SMILES string of the molecule is CC(CN)CCCCC(C)CO. The van der Waals surface area contributed by atoms with E-state index in [1.54, 1.807) is 0 Å². The molecule has 0 rings (SSSR count). The van der Waals surface area contributed by atoms with Crippen LogP contribution in [0, 0.1) is 11.8 Å². The van der Waals surface area contributed by atoms with Crippen LogP contribution in [0.5, 0.6) is 0 Å². The van der Waals surface area contributed by atoms with Crippen LogP contribution in [0.15, 0.2) is 0 Å². The summed E-state index contributed by atoms with van der Waals surface area (Å²) in [4.78, 5) is 0. The molecule has 0 saturated carbocycles. The molecule has 0 aliphatic carbocycles. The van der Waals surface area contributed by atoms with Crippen LogP contribution in [0.25, 0.3) is 0 Å². The van der Waals surface area contributed by atoms with Gasteiger partial charge in [-0.15, -0.1) is 0 Å². The summed E-state index contributed by atoms with van der Waals surface area (Å²) in [6.45, 7) is 5.41. The molecule has 2 heteroatoms. The van der Waals surface area contributed by atoms with Gasteiger partial charge in [-0.2, -0.15) is 0 Å². The van der Waals surface area contributed by atoms with Gasteiger partial charge in [-0.1, -0.05) is 26.7 Å². The molecule has 2 unspecified atom stereocenters. The third kappa shape index (κ3) is 6.62. The summed E-state index contributed by atoms with van der Waals surface area (Å²) in [5.41, 5.74) is 5.50. The number of aliphatic hydroxyl groups is 1. The van der Waals surface area contributed by atoms with Crippen LogP contribution < -0.4 is 5.73 Å². The van der Waals surface area contributed by atoms with E-state index in [1.807, 2.05) is 0 Å². The summed E-state index contributed by atoms with van der Waals surface area (Å²) >= 11 is 0. The van der Waals surface area contributed by atoms with Gasteiger partial charge in [-0.25, -0.2) is 0 Å². The van der Waals surface area contributed by atoms with E-state index in [0.29, 0.717) is 18.4 Å². The quantitative estimate of drug-likeness (QED) is 0.576. The Balaban J connectivity index is 3.10. The number of nitrogens with two attached hydrogens (primary N) is 1. The first kappa shape index (κ1) is 11.9. The molecular formula is C10H23NO. The largest absolute Gasteiger partial charge is 0.396 e. The van der Waals surface area contributed by atoms with Gasteiger partial charge in [0.15, 0.2) is 0 Å². The Labute approximate surface area is 76.2 Å². The summed E-state index contributed by atoms with van der Waals surface area (Å²) in [5, 5.41) is 8.77. The third-order valence-corrected chi connectivity index (χ3v) is 2.36. The van der Waals surface area contributed by atoms with E-state index in [-0.39, 0.29) is 0 Å². The average Bonchev–Trinajstić information content (AvgIpc) is 2.11. The number of rotatable bonds is 7. The molecule has 0 spiro atoms. The zero-order valence-corrected chi connectivity index (χ0v) is 8.42. The Morgan fingerprint density at radius 1 is 1.08 bits per heavy atom. The minimum Gasteiger partial charge on any atom is -0.396 e. The molecule has 0 fully saturated rings. The lowest BCUT2D eigenvalue weighted by molar-refractivity contribution is 0.226. The first-order valence-electron chi connectivity index (χ1n) is 5.01. The monoisotopic (exact) mass is 173 g/mol. The van der Waals surface area contributed by atoms with E-state index in [0.717, 1.165) is 13.0 Å². The molecule has 3 N–H and O–H groups in total. The van der Waals surface area contributed by atoms with Crippen LogP contribution in [-0.2, 0) is 0 Å². The fourth-order valence-corrected chi connectivity index (χ4v) is 1.19. The zero-order chi connectivity index (χ0) is 9.40. The lowest BCUT2D eigenvalue weighted by atomic mass is 10.00. The van der Waals surface area contributed by atoms with Gasteiger partial charge in [0.1, 0.15) is 0 Å². The molecule has 0 aliphatic rings. The third-order valence-electron chi connectivity index (χ3n) is 2.36. The van der Waals surface area contributed by atoms with Gasteiger partial charge in [0.05, 0.1) is 0 Å². The molecule has 0 bridgehead atoms. The van der Waals surface area contributed by atoms with Crippen molar-refractivity contribution >= 4 is 0 Å². The van der Waals surface area contributed by atoms with Gasteiger partial charge in [-0.3, -0.25) is 0 Å². The second kappa shape index (κ2) is 7.56. The Hall–Kier alpha value is -0.0800. The molecule has 74 valence electrons. The van der Waals surface area contributed by atoms with E-state index < -0.39 is 0 Å². The highest BCUT2D eigenvalue weighted by atomic mass is 16.3. The summed E-state index contributed by atoms with van der Waals surface area (Å²) in [6, 6.07) is 0. The zero-order valence-electron chi connectivity index (χ0n) is 8.42. The van der Waals surface area contributed by atoms with Crippen molar-refractivity contribution in [3.8, 4) is 0 Å². The second-order valence-corrected chi connectivity index (χ2v) is 3.91. The molecule has 12 heavy (non-hydrogen) atoms. The van der Waals surface area contributed by atoms with Crippen LogP contribution in [-0.4, -0.2) is 18.3 Å². The molecule has 0 saturated heterocycles. The molecule has 0 amide bonds. The highest BCUT2D eigenvalue weighted by Gasteiger charge is 2.01. The van der Waals surface area contributed by atoms with Crippen LogP contribution in [0.3, 0.4) is 0 Å². The van der Waals surface area contributed by atoms with Crippen LogP contribution in [0.2, 0.25) is 0 Å². The van der Waals surface area contributed by atoms with Crippen LogP contribution in [0.4, 0.5) is 0 Å². The van der Waals surface area contributed by atoms with E-state index in [4.69, 9.17) is 10.8 Å². The number of aliphatic hydroxyl groups excluding tert-OH is 1. The topological polar surface area (TPSA) is 46.2 Å². The van der Waals surface area contributed by atoms with Crippen molar-refractivity contribution in [2.24, 2.45) is 17.6 Å². The lowest BCUT2D eigenvalue weighted by Crippen LogP contribution is -2.10. The molecule has 0 aromatic carbocycles. The maximum atomic E-state index is 8.77. The van der Waals surface area contributed by atoms with E-state index in [9.17, 15) is 0 Å². The highest BCUT2D eigenvalue weighted by molar-refractivity contribution is 4.55. The Morgan fingerprint density at radius 3 is 2.00 bits per heavy atom. The maximum absolute atomic E-state index is 8.77. The Kier molecular flexibility index (Phi) is 7.51. The summed E-state index contributed by atoms with van der Waals surface area (Å²) < 4.78 is 0. The van der Waals surface area contributed by atoms with E-state index in [1.165, 1.54) is 19.3 Å². The lowest BCUT2D eigenvalue weighted by Gasteiger charge is -2.09. The maximum Gasteiger partial charge on any atom is 0.0456 e. The molecule has 0 aromatic rings. The normalized spacial score (nSPS) is 16.0. The smallest absolute Gasteiger partial charge is 0.0456 e. The van der Waals surface area contributed by atoms with Gasteiger partial charge < -0.3 is 10.8 Å². The van der Waals surface area contributed by atoms with Crippen molar-refractivity contribution in [2.75, 3.05) is 13.2 Å². The van der Waals surface area contributed by atoms with Crippen molar-refractivity contribution in [3.05, 3.63) is 0 Å². The Bertz CT molecular complexity index is 83.8. The predicted molar refractivity (Wildman–Crippen MR) is 52.9 cm³/mol. The minimum absolute atomic E-state index is 0.326. The second-order valence-electron chi connectivity index (χ2n) is 3.91. The predicted octanol–water partition coefficient (Wildman–Crippen LogP) is 1.77. The van der Waals surface area contributed by atoms with Gasteiger partial charge in [0.25, 0.3) is 0 Å². The highest BCUT2D eigenvalue weighted by Crippen LogP contribution is 2.11. The molecule has 0 radical (unpaired) electrons. The molecule has 0 aromatic heterocycles. The van der Waals surface area contributed by atoms with Gasteiger partial charge in [0, 0.05) is 6.61 Å². The van der Waals surface area contributed by atoms with E-state index >= 15 is 0 Å². The van der Waals surface area contributed by atoms with Gasteiger partial charge in [0.2, 0.25) is 0 Å². The molecule has 0 heterocycles. The fourth-order valence-electron chi connectivity index (χ4n) is 1.19. The number of hydrogen-bond acceptors (Lipinski definition) is 2. The average molecular weight is 173 g/mol. The first-order valence-corrected chi connectivity index (χ1v) is 5.01. The first-order chi connectivity index (χ1) is 5.70. The number of unbranched alkanes of at least 4 members (excludes halogenated alkanes) is 1. The van der Waals surface area contributed by atoms with Crippen molar-refractivity contribution in [2.45, 2.75) is 39.5 Å². The fraction of sp³-hybridized carbons (Fsp3) is 1.00. The van der Waals surface area contributed by atoms with Crippen LogP contribution in [0.1, 0.15) is 39.5 Å².